The molecule has 0 bridgehead atoms. The number of sulfonamides is 2. The Hall–Kier alpha value is -0.630. The average molecular weight is 324 g/mol. The predicted molar refractivity (Wildman–Crippen MR) is 40.9 cm³/mol. The molecule has 1 aliphatic rings. The van der Waals surface area contributed by atoms with Crippen LogP contribution in [0.3, 0.4) is 0 Å². The minimum Gasteiger partial charge on any atom is -0.428 e. The number of halogens is 7. The van der Waals surface area contributed by atoms with E-state index in [1.165, 1.54) is 0 Å². The topological polar surface area (TPSA) is 82.4 Å². The Kier molecular flexibility index (Phi) is 2.98. The highest BCUT2D eigenvalue weighted by atomic mass is 32.3. The van der Waals surface area contributed by atoms with Crippen LogP contribution in [0, 0.1) is 0 Å². The number of hydrogen-bond acceptors (Lipinski definition) is 4. The zero-order valence-corrected chi connectivity index (χ0v) is 9.25. The number of alkyl halides is 7. The van der Waals surface area contributed by atoms with Crippen molar-refractivity contribution in [2.24, 2.45) is 0 Å². The molecule has 0 aromatic rings. The Morgan fingerprint density at radius 2 is 1.28 bits per heavy atom. The largest absolute Gasteiger partial charge is 0.428 e. The van der Waals surface area contributed by atoms with Gasteiger partial charge in [0.25, 0.3) is 5.50 Å². The van der Waals surface area contributed by atoms with Crippen molar-refractivity contribution < 1.29 is 47.6 Å². The number of hydrogen-bond donors (Lipinski definition) is 0. The first-order chi connectivity index (χ1) is 7.61. The Bertz CT molecular complexity index is 566. The van der Waals surface area contributed by atoms with Crippen LogP contribution in [0.2, 0.25) is 0 Å². The van der Waals surface area contributed by atoms with Crippen molar-refractivity contribution in [2.45, 2.75) is 22.6 Å². The second-order valence-corrected chi connectivity index (χ2v) is 6.60. The first-order valence-electron chi connectivity index (χ1n) is 3.61. The maximum Gasteiger partial charge on any atom is 0.398 e. The molecular formula is C4HF7NO4S2-. The second-order valence-electron chi connectivity index (χ2n) is 3.09. The van der Waals surface area contributed by atoms with Gasteiger partial charge in [-0.25, -0.2) is 21.2 Å². The van der Waals surface area contributed by atoms with Gasteiger partial charge in [-0.15, -0.1) is 0 Å². The Balaban J connectivity index is 3.78. The fourth-order valence-corrected chi connectivity index (χ4v) is 3.66. The molecular weight excluding hydrogens is 323 g/mol. The van der Waals surface area contributed by atoms with Crippen molar-refractivity contribution in [3.63, 3.8) is 0 Å². The monoisotopic (exact) mass is 324 g/mol. The normalized spacial score (nSPS) is 35.6. The van der Waals surface area contributed by atoms with E-state index < -0.39 is 42.6 Å². The summed E-state index contributed by atoms with van der Waals surface area (Å²) in [6.07, 6.45) is 0. The van der Waals surface area contributed by atoms with E-state index in [9.17, 15) is 47.6 Å². The molecule has 0 aliphatic carbocycles. The molecule has 0 amide bonds. The molecule has 1 unspecified atom stereocenters. The molecule has 5 nitrogen and oxygen atoms in total. The minimum absolute atomic E-state index is 1.12. The number of rotatable bonds is 0. The van der Waals surface area contributed by atoms with Crippen molar-refractivity contribution in [2.75, 3.05) is 0 Å². The maximum absolute atomic E-state index is 12.7. The third kappa shape index (κ3) is 1.61. The predicted octanol–water partition coefficient (Wildman–Crippen LogP) is 1.19. The molecule has 18 heavy (non-hydrogen) atoms. The van der Waals surface area contributed by atoms with E-state index >= 15 is 0 Å². The van der Waals surface area contributed by atoms with Crippen LogP contribution in [0.1, 0.15) is 0 Å². The SMILES string of the molecule is O=S1(=O)[N-]S(=O)(=O)C(F)(F)C(F)(F)C(F)(F)C1F. The summed E-state index contributed by atoms with van der Waals surface area (Å²) >= 11 is 0. The Morgan fingerprint density at radius 3 is 1.67 bits per heavy atom. The molecule has 1 rings (SSSR count). The van der Waals surface area contributed by atoms with Crippen LogP contribution in [-0.2, 0) is 20.0 Å². The van der Waals surface area contributed by atoms with Gasteiger partial charge in [-0.1, -0.05) is 0 Å². The Morgan fingerprint density at radius 1 is 0.889 bits per heavy atom. The van der Waals surface area contributed by atoms with E-state index in [1.807, 2.05) is 0 Å². The molecule has 0 spiro atoms. The second kappa shape index (κ2) is 3.47. The molecule has 0 radical (unpaired) electrons. The first-order valence-corrected chi connectivity index (χ1v) is 6.56. The molecule has 14 heteroatoms. The molecule has 1 heterocycles. The molecule has 0 aromatic carbocycles. The summed E-state index contributed by atoms with van der Waals surface area (Å²) < 4.78 is 132. The summed E-state index contributed by atoms with van der Waals surface area (Å²) in [5.74, 6) is -13.3. The number of nitrogens with zero attached hydrogens (tertiary/aromatic N) is 1. The molecule has 0 N–H and O–H groups in total. The molecule has 1 saturated heterocycles. The van der Waals surface area contributed by atoms with E-state index in [0.29, 0.717) is 0 Å². The molecule has 1 fully saturated rings. The quantitative estimate of drug-likeness (QED) is 0.627. The van der Waals surface area contributed by atoms with E-state index in [0.717, 1.165) is 4.13 Å². The summed E-state index contributed by atoms with van der Waals surface area (Å²) in [4.78, 5) is 0. The summed E-state index contributed by atoms with van der Waals surface area (Å²) in [5, 5.41) is -6.57. The van der Waals surface area contributed by atoms with E-state index in [2.05, 4.69) is 0 Å². The lowest BCUT2D eigenvalue weighted by atomic mass is 10.2. The molecule has 0 saturated carbocycles. The van der Waals surface area contributed by atoms with Gasteiger partial charge >= 0.3 is 17.1 Å². The average Bonchev–Trinajstić information content (AvgIpc) is 2.13. The fourth-order valence-electron chi connectivity index (χ4n) is 0.907. The van der Waals surface area contributed by atoms with Crippen molar-refractivity contribution in [3.8, 4) is 0 Å². The van der Waals surface area contributed by atoms with E-state index in [4.69, 9.17) is 0 Å². The fraction of sp³-hybridized carbons (Fsp3) is 1.00. The lowest BCUT2D eigenvalue weighted by Crippen LogP contribution is -2.59. The van der Waals surface area contributed by atoms with Crippen molar-refractivity contribution in [3.05, 3.63) is 4.13 Å². The van der Waals surface area contributed by atoms with Gasteiger partial charge in [0.1, 0.15) is 10.0 Å². The van der Waals surface area contributed by atoms with Crippen LogP contribution in [-0.4, -0.2) is 39.4 Å². The van der Waals surface area contributed by atoms with Crippen LogP contribution in [0.15, 0.2) is 0 Å². The summed E-state index contributed by atoms with van der Waals surface area (Å²) in [7, 11) is -13.3. The van der Waals surface area contributed by atoms with Gasteiger partial charge in [-0.2, -0.15) is 26.3 Å². The third-order valence-electron chi connectivity index (χ3n) is 1.86. The van der Waals surface area contributed by atoms with Gasteiger partial charge in [0.2, 0.25) is 0 Å². The summed E-state index contributed by atoms with van der Waals surface area (Å²) in [6, 6.07) is 0. The Labute approximate surface area is 95.1 Å². The van der Waals surface area contributed by atoms with Crippen LogP contribution in [0.5, 0.6) is 0 Å². The van der Waals surface area contributed by atoms with Crippen molar-refractivity contribution in [1.29, 1.82) is 0 Å². The third-order valence-corrected chi connectivity index (χ3v) is 5.20. The highest BCUT2D eigenvalue weighted by molar-refractivity contribution is 8.13. The van der Waals surface area contributed by atoms with Gasteiger partial charge in [0, 0.05) is 0 Å². The van der Waals surface area contributed by atoms with Crippen LogP contribution in [0.4, 0.5) is 30.7 Å². The zero-order chi connectivity index (χ0) is 14.8. The van der Waals surface area contributed by atoms with E-state index in [-0.39, 0.29) is 0 Å². The molecule has 1 aliphatic heterocycles. The lowest BCUT2D eigenvalue weighted by molar-refractivity contribution is -0.287. The van der Waals surface area contributed by atoms with Gasteiger partial charge in [0.15, 0.2) is 10.0 Å². The summed E-state index contributed by atoms with van der Waals surface area (Å²) in [6.45, 7) is 0. The van der Waals surface area contributed by atoms with Crippen LogP contribution >= 0.6 is 0 Å². The smallest absolute Gasteiger partial charge is 0.398 e. The van der Waals surface area contributed by atoms with Gasteiger partial charge in [-0.3, -0.25) is 0 Å². The first kappa shape index (κ1) is 15.4. The maximum atomic E-state index is 12.7. The van der Waals surface area contributed by atoms with Crippen LogP contribution < -0.4 is 0 Å². The molecule has 108 valence electrons. The van der Waals surface area contributed by atoms with Crippen LogP contribution in [0.25, 0.3) is 4.13 Å². The van der Waals surface area contributed by atoms with Gasteiger partial charge in [0.05, 0.1) is 0 Å². The van der Waals surface area contributed by atoms with Gasteiger partial charge < -0.3 is 4.13 Å². The highest BCUT2D eigenvalue weighted by Crippen LogP contribution is 2.56. The van der Waals surface area contributed by atoms with Gasteiger partial charge in [-0.05, 0) is 0 Å². The molecule has 1 atom stereocenters. The minimum atomic E-state index is -6.88. The van der Waals surface area contributed by atoms with E-state index in [1.54, 1.807) is 0 Å². The standard InChI is InChI=1S/C4HF7NO4S2/c5-1-2(6,7)3(8,9)4(10,11)18(15,16)12-17(1,13)14/h1H/q-1. The van der Waals surface area contributed by atoms with Crippen molar-refractivity contribution in [1.82, 2.24) is 0 Å². The lowest BCUT2D eigenvalue weighted by Gasteiger charge is -2.30. The molecule has 0 aromatic heterocycles. The zero-order valence-electron chi connectivity index (χ0n) is 7.62. The van der Waals surface area contributed by atoms with Crippen molar-refractivity contribution >= 4 is 20.0 Å². The highest BCUT2D eigenvalue weighted by Gasteiger charge is 2.80. The summed E-state index contributed by atoms with van der Waals surface area (Å²) in [5.41, 5.74) is -4.91.